The van der Waals surface area contributed by atoms with Crippen LogP contribution in [0, 0.1) is 0 Å². The van der Waals surface area contributed by atoms with Crippen LogP contribution in [-0.2, 0) is 9.53 Å². The highest BCUT2D eigenvalue weighted by atomic mass is 16.5. The van der Waals surface area contributed by atoms with E-state index in [1.165, 1.54) is 6.08 Å². The quantitative estimate of drug-likeness (QED) is 0.0788. The van der Waals surface area contributed by atoms with Crippen LogP contribution in [0.2, 0.25) is 0 Å². The number of hydrogen-bond acceptors (Lipinski definition) is 7. The fraction of sp³-hybridized carbons (Fsp3) is 0.344. The van der Waals surface area contributed by atoms with Gasteiger partial charge in [0.15, 0.2) is 0 Å². The topological polar surface area (TPSA) is 84.0 Å². The molecule has 0 aliphatic rings. The Bertz CT molecular complexity index is 1160. The van der Waals surface area contributed by atoms with Crippen LogP contribution in [0.1, 0.15) is 62.2 Å². The number of hydrogen-bond donors (Lipinski definition) is 0. The lowest BCUT2D eigenvalue weighted by molar-refractivity contribution is -0.137. The fourth-order valence-electron chi connectivity index (χ4n) is 3.70. The van der Waals surface area contributed by atoms with Crippen molar-refractivity contribution in [2.24, 2.45) is 0 Å². The van der Waals surface area contributed by atoms with E-state index in [1.54, 1.807) is 42.6 Å². The molecule has 0 atom stereocenters. The van der Waals surface area contributed by atoms with Gasteiger partial charge in [-0.2, -0.15) is 0 Å². The van der Waals surface area contributed by atoms with E-state index in [1.807, 2.05) is 24.3 Å². The van der Waals surface area contributed by atoms with Crippen molar-refractivity contribution in [3.05, 3.63) is 85.1 Å². The molecule has 0 saturated carbocycles. The molecule has 3 rings (SSSR count). The molecule has 0 amide bonds. The first-order valence-electron chi connectivity index (χ1n) is 13.5. The zero-order chi connectivity index (χ0) is 27.7. The van der Waals surface area contributed by atoms with Gasteiger partial charge in [0.25, 0.3) is 0 Å². The van der Waals surface area contributed by atoms with E-state index in [-0.39, 0.29) is 5.97 Å². The summed E-state index contributed by atoms with van der Waals surface area (Å²) in [6, 6.07) is 18.0. The Hall–Kier alpha value is -4.13. The number of unbranched alkanes of at least 4 members (excludes halogenated alkanes) is 5. The van der Waals surface area contributed by atoms with Crippen LogP contribution in [0.4, 0.5) is 0 Å². The Morgan fingerprint density at radius 3 is 2.00 bits per heavy atom. The predicted molar refractivity (Wildman–Crippen MR) is 151 cm³/mol. The van der Waals surface area contributed by atoms with E-state index < -0.39 is 5.97 Å². The van der Waals surface area contributed by atoms with Crippen molar-refractivity contribution in [3.63, 3.8) is 0 Å². The highest BCUT2D eigenvalue weighted by Crippen LogP contribution is 2.23. The van der Waals surface area contributed by atoms with Crippen molar-refractivity contribution in [3.8, 4) is 28.5 Å². The van der Waals surface area contributed by atoms with Crippen LogP contribution >= 0.6 is 0 Å². The summed E-state index contributed by atoms with van der Waals surface area (Å²) < 4.78 is 21.9. The molecule has 3 aromatic rings. The summed E-state index contributed by atoms with van der Waals surface area (Å²) >= 11 is 0. The van der Waals surface area contributed by atoms with E-state index in [9.17, 15) is 9.59 Å². The molecule has 7 heteroatoms. The van der Waals surface area contributed by atoms with Gasteiger partial charge in [-0.05, 0) is 92.8 Å². The van der Waals surface area contributed by atoms with Gasteiger partial charge >= 0.3 is 11.9 Å². The van der Waals surface area contributed by atoms with Gasteiger partial charge < -0.3 is 18.9 Å². The lowest BCUT2D eigenvalue weighted by Gasteiger charge is -2.09. The minimum atomic E-state index is -0.436. The maximum atomic E-state index is 12.6. The monoisotopic (exact) mass is 531 g/mol. The summed E-state index contributed by atoms with van der Waals surface area (Å²) in [4.78, 5) is 28.0. The van der Waals surface area contributed by atoms with E-state index in [0.29, 0.717) is 36.9 Å². The molecule has 2 aromatic carbocycles. The number of ether oxygens (including phenoxy) is 4. The predicted octanol–water partition coefficient (Wildman–Crippen LogP) is 7.21. The van der Waals surface area contributed by atoms with Crippen molar-refractivity contribution in [2.45, 2.75) is 51.9 Å². The Morgan fingerprint density at radius 1 is 0.744 bits per heavy atom. The third kappa shape index (κ3) is 10.6. The van der Waals surface area contributed by atoms with Crippen LogP contribution < -0.4 is 14.2 Å². The van der Waals surface area contributed by atoms with E-state index in [2.05, 4.69) is 18.5 Å². The van der Waals surface area contributed by atoms with Gasteiger partial charge in [-0.25, -0.2) is 9.59 Å². The average molecular weight is 532 g/mol. The minimum absolute atomic E-state index is 0.387. The second kappa shape index (κ2) is 16.7. The first kappa shape index (κ1) is 29.4. The number of rotatable bonds is 17. The molecule has 0 unspecified atom stereocenters. The lowest BCUT2D eigenvalue weighted by Crippen LogP contribution is -2.08. The van der Waals surface area contributed by atoms with Gasteiger partial charge in [0.05, 0.1) is 37.3 Å². The third-order valence-corrected chi connectivity index (χ3v) is 5.92. The molecule has 39 heavy (non-hydrogen) atoms. The zero-order valence-corrected chi connectivity index (χ0v) is 22.6. The lowest BCUT2D eigenvalue weighted by atomic mass is 10.1. The molecule has 0 aliphatic heterocycles. The average Bonchev–Trinajstić information content (AvgIpc) is 2.97. The van der Waals surface area contributed by atoms with Gasteiger partial charge in [0, 0.05) is 11.6 Å². The highest BCUT2D eigenvalue weighted by Gasteiger charge is 2.10. The molecule has 0 saturated heterocycles. The smallest absolute Gasteiger partial charge is 0.343 e. The fourth-order valence-corrected chi connectivity index (χ4v) is 3.70. The second-order valence-corrected chi connectivity index (χ2v) is 9.01. The Morgan fingerprint density at radius 2 is 1.36 bits per heavy atom. The molecular formula is C32H37NO6. The molecule has 1 aromatic heterocycles. The normalized spacial score (nSPS) is 10.5. The molecule has 0 bridgehead atoms. The number of pyridine rings is 1. The van der Waals surface area contributed by atoms with E-state index in [0.717, 1.165) is 62.0 Å². The van der Waals surface area contributed by atoms with Gasteiger partial charge in [-0.15, -0.1) is 0 Å². The number of nitrogens with zero attached hydrogens (tertiary/aromatic N) is 1. The number of esters is 2. The van der Waals surface area contributed by atoms with Gasteiger partial charge in [0.1, 0.15) is 17.2 Å². The summed E-state index contributed by atoms with van der Waals surface area (Å²) in [5, 5.41) is 0. The molecule has 7 nitrogen and oxygen atoms in total. The molecule has 1 heterocycles. The van der Waals surface area contributed by atoms with Gasteiger partial charge in [-0.1, -0.05) is 26.3 Å². The van der Waals surface area contributed by atoms with Crippen LogP contribution in [-0.4, -0.2) is 36.7 Å². The molecular weight excluding hydrogens is 494 g/mol. The zero-order valence-electron chi connectivity index (χ0n) is 22.6. The molecule has 0 fully saturated rings. The van der Waals surface area contributed by atoms with Gasteiger partial charge in [0.2, 0.25) is 0 Å². The van der Waals surface area contributed by atoms with Crippen LogP contribution in [0.15, 0.2) is 79.5 Å². The van der Waals surface area contributed by atoms with E-state index in [4.69, 9.17) is 18.9 Å². The SMILES string of the molecule is C=CC(=O)OCCCCCCOc1ccc(C(=O)Oc2ccc(-c3ccc(OCCCCC)cn3)cc2)cc1. The highest BCUT2D eigenvalue weighted by molar-refractivity contribution is 5.91. The van der Waals surface area contributed by atoms with Crippen molar-refractivity contribution in [2.75, 3.05) is 19.8 Å². The van der Waals surface area contributed by atoms with Crippen molar-refractivity contribution in [1.82, 2.24) is 4.98 Å². The Labute approximate surface area is 230 Å². The first-order chi connectivity index (χ1) is 19.1. The van der Waals surface area contributed by atoms with Crippen LogP contribution in [0.25, 0.3) is 11.3 Å². The summed E-state index contributed by atoms with van der Waals surface area (Å²) in [6.45, 7) is 7.21. The minimum Gasteiger partial charge on any atom is -0.494 e. The number of aromatic nitrogens is 1. The molecule has 0 spiro atoms. The Kier molecular flexibility index (Phi) is 12.6. The summed E-state index contributed by atoms with van der Waals surface area (Å²) in [6.07, 6.45) is 9.89. The summed E-state index contributed by atoms with van der Waals surface area (Å²) in [7, 11) is 0. The number of benzene rings is 2. The standard InChI is InChI=1S/C32H37NO6/c1-3-5-8-21-37-29-19-20-30(33-24-29)25-11-17-28(18-12-25)39-32(35)26-13-15-27(16-14-26)36-22-9-6-7-10-23-38-31(34)4-2/h4,11-20,24H,2-3,5-10,21-23H2,1H3. The Balaban J connectivity index is 1.38. The maximum Gasteiger partial charge on any atom is 0.343 e. The number of carbonyl (C=O) groups is 2. The van der Waals surface area contributed by atoms with Crippen LogP contribution in [0.5, 0.6) is 17.2 Å². The van der Waals surface area contributed by atoms with Crippen LogP contribution in [0.3, 0.4) is 0 Å². The van der Waals surface area contributed by atoms with Crippen molar-refractivity contribution in [1.29, 1.82) is 0 Å². The maximum absolute atomic E-state index is 12.6. The van der Waals surface area contributed by atoms with Crippen molar-refractivity contribution < 1.29 is 28.5 Å². The summed E-state index contributed by atoms with van der Waals surface area (Å²) in [5.74, 6) is 1.09. The van der Waals surface area contributed by atoms with Gasteiger partial charge in [-0.3, -0.25) is 4.98 Å². The summed E-state index contributed by atoms with van der Waals surface area (Å²) in [5.41, 5.74) is 2.18. The third-order valence-electron chi connectivity index (χ3n) is 5.92. The van der Waals surface area contributed by atoms with E-state index >= 15 is 0 Å². The molecule has 0 aliphatic carbocycles. The molecule has 0 N–H and O–H groups in total. The molecule has 0 radical (unpaired) electrons. The van der Waals surface area contributed by atoms with Crippen molar-refractivity contribution >= 4 is 11.9 Å². The number of carbonyl (C=O) groups excluding carboxylic acids is 2. The largest absolute Gasteiger partial charge is 0.494 e. The molecule has 206 valence electrons. The first-order valence-corrected chi connectivity index (χ1v) is 13.5. The second-order valence-electron chi connectivity index (χ2n) is 9.01.